The fourth-order valence-corrected chi connectivity index (χ4v) is 5.73. The van der Waals surface area contributed by atoms with Crippen LogP contribution in [0.5, 0.6) is 0 Å². The maximum Gasteiger partial charge on any atom is 0.230 e. The number of H-pyrrole nitrogens is 1. The first-order valence-electron chi connectivity index (χ1n) is 14.7. The molecule has 4 heterocycles. The van der Waals surface area contributed by atoms with Crippen molar-refractivity contribution in [1.82, 2.24) is 30.6 Å². The average molecular weight is 564 g/mol. The number of hydrogen-bond acceptors (Lipinski definition) is 8. The molecule has 1 aromatic carbocycles. The lowest BCUT2D eigenvalue weighted by atomic mass is 9.89. The zero-order valence-corrected chi connectivity index (χ0v) is 23.4. The van der Waals surface area contributed by atoms with Crippen LogP contribution in [0.15, 0.2) is 36.5 Å². The first kappa shape index (κ1) is 27.7. The van der Waals surface area contributed by atoms with Gasteiger partial charge in [-0.05, 0) is 76.0 Å². The third-order valence-electron chi connectivity index (χ3n) is 8.24. The Morgan fingerprint density at radius 1 is 0.976 bits per heavy atom. The van der Waals surface area contributed by atoms with Crippen molar-refractivity contribution in [3.05, 3.63) is 48.2 Å². The number of ether oxygens (including phenoxy) is 2. The van der Waals surface area contributed by atoms with Crippen LogP contribution in [0.2, 0.25) is 0 Å². The summed E-state index contributed by atoms with van der Waals surface area (Å²) >= 11 is 0. The van der Waals surface area contributed by atoms with E-state index in [1.54, 1.807) is 18.3 Å². The normalized spacial score (nSPS) is 24.2. The topological polar surface area (TPSA) is 126 Å². The van der Waals surface area contributed by atoms with E-state index in [0.29, 0.717) is 34.9 Å². The largest absolute Gasteiger partial charge is 0.353 e. The van der Waals surface area contributed by atoms with Crippen LogP contribution in [0.4, 0.5) is 10.3 Å². The maximum atomic E-state index is 13.7. The summed E-state index contributed by atoms with van der Waals surface area (Å²) < 4.78 is 25.9. The predicted octanol–water partition coefficient (Wildman–Crippen LogP) is 4.34. The average Bonchev–Trinajstić information content (AvgIpc) is 3.45. The smallest absolute Gasteiger partial charge is 0.230 e. The summed E-state index contributed by atoms with van der Waals surface area (Å²) in [5.74, 6) is 0.636. The minimum Gasteiger partial charge on any atom is -0.353 e. The van der Waals surface area contributed by atoms with Crippen molar-refractivity contribution in [2.45, 2.75) is 70.2 Å². The molecule has 0 radical (unpaired) electrons. The Bertz CT molecular complexity index is 1330. The van der Waals surface area contributed by atoms with Gasteiger partial charge in [-0.15, -0.1) is 0 Å². The van der Waals surface area contributed by atoms with Crippen LogP contribution < -0.4 is 16.0 Å². The molecule has 4 N–H and O–H groups in total. The molecule has 3 aliphatic rings. The van der Waals surface area contributed by atoms with Crippen molar-refractivity contribution in [3.63, 3.8) is 0 Å². The third kappa shape index (κ3) is 6.42. The van der Waals surface area contributed by atoms with Gasteiger partial charge in [0.1, 0.15) is 5.82 Å². The molecule has 0 spiro atoms. The Hall–Kier alpha value is -3.41. The lowest BCUT2D eigenvalue weighted by Gasteiger charge is -2.37. The van der Waals surface area contributed by atoms with Gasteiger partial charge in [0.2, 0.25) is 18.1 Å². The second kappa shape index (κ2) is 12.2. The number of aromatic amines is 1. The first-order chi connectivity index (χ1) is 20.0. The molecule has 2 saturated heterocycles. The highest BCUT2D eigenvalue weighted by Crippen LogP contribution is 2.36. The lowest BCUT2D eigenvalue weighted by molar-refractivity contribution is -0.231. The quantitative estimate of drug-likeness (QED) is 0.335. The zero-order valence-electron chi connectivity index (χ0n) is 23.4. The Morgan fingerprint density at radius 3 is 2.44 bits per heavy atom. The van der Waals surface area contributed by atoms with Crippen molar-refractivity contribution >= 4 is 11.9 Å². The van der Waals surface area contributed by atoms with E-state index >= 15 is 0 Å². The summed E-state index contributed by atoms with van der Waals surface area (Å²) in [6, 6.07) is 8.51. The molecule has 10 nitrogen and oxygen atoms in total. The van der Waals surface area contributed by atoms with Crippen LogP contribution in [0.1, 0.15) is 64.0 Å². The van der Waals surface area contributed by atoms with E-state index in [1.165, 1.54) is 18.6 Å². The minimum absolute atomic E-state index is 0.0373. The minimum atomic E-state index is -0.787. The van der Waals surface area contributed by atoms with Crippen molar-refractivity contribution in [3.8, 4) is 22.6 Å². The number of imidazole rings is 1. The second-order valence-electron chi connectivity index (χ2n) is 11.6. The highest BCUT2D eigenvalue weighted by Gasteiger charge is 2.41. The number of aromatic nitrogens is 4. The van der Waals surface area contributed by atoms with Gasteiger partial charge in [0.25, 0.3) is 0 Å². The van der Waals surface area contributed by atoms with Gasteiger partial charge in [0.05, 0.1) is 35.7 Å². The number of anilines is 1. The van der Waals surface area contributed by atoms with E-state index in [-0.39, 0.29) is 31.0 Å². The lowest BCUT2D eigenvalue weighted by Crippen LogP contribution is -2.51. The van der Waals surface area contributed by atoms with Crippen LogP contribution in [0, 0.1) is 11.2 Å². The number of nitrogens with zero attached hydrogens (tertiary/aromatic N) is 3. The Labute approximate surface area is 239 Å². The van der Waals surface area contributed by atoms with E-state index in [9.17, 15) is 9.18 Å². The van der Waals surface area contributed by atoms with Gasteiger partial charge >= 0.3 is 0 Å². The molecule has 11 heteroatoms. The molecule has 218 valence electrons. The number of rotatable bonds is 7. The number of carbonyl (C=O) groups is 1. The highest BCUT2D eigenvalue weighted by molar-refractivity contribution is 5.83. The van der Waals surface area contributed by atoms with Crippen molar-refractivity contribution in [2.24, 2.45) is 5.41 Å². The molecule has 2 aromatic heterocycles. The van der Waals surface area contributed by atoms with Gasteiger partial charge in [-0.1, -0.05) is 19.3 Å². The number of benzene rings is 1. The number of piperidine rings is 1. The summed E-state index contributed by atoms with van der Waals surface area (Å²) in [7, 11) is 0. The molecule has 0 atom stereocenters. The molecular weight excluding hydrogens is 525 g/mol. The van der Waals surface area contributed by atoms with Gasteiger partial charge in [0.15, 0.2) is 5.82 Å². The second-order valence-corrected chi connectivity index (χ2v) is 11.6. The molecule has 3 aromatic rings. The molecular formula is C30H38FN7O3. The molecule has 3 fully saturated rings. The fourth-order valence-electron chi connectivity index (χ4n) is 5.73. The third-order valence-corrected chi connectivity index (χ3v) is 8.24. The zero-order chi connectivity index (χ0) is 28.2. The molecule has 1 amide bonds. The van der Waals surface area contributed by atoms with Crippen LogP contribution in [-0.4, -0.2) is 64.2 Å². The van der Waals surface area contributed by atoms with Gasteiger partial charge in [-0.3, -0.25) is 4.79 Å². The van der Waals surface area contributed by atoms with E-state index in [0.717, 1.165) is 57.2 Å². The molecule has 41 heavy (non-hydrogen) atoms. The number of carbonyl (C=O) groups excluding carboxylic acids is 1. The van der Waals surface area contributed by atoms with Crippen molar-refractivity contribution < 1.29 is 18.7 Å². The first-order valence-corrected chi connectivity index (χ1v) is 14.7. The Kier molecular flexibility index (Phi) is 8.27. The maximum absolute atomic E-state index is 13.7. The predicted molar refractivity (Wildman–Crippen MR) is 152 cm³/mol. The van der Waals surface area contributed by atoms with E-state index in [1.807, 2.05) is 13.0 Å². The van der Waals surface area contributed by atoms with E-state index < -0.39 is 11.7 Å². The summed E-state index contributed by atoms with van der Waals surface area (Å²) in [6.07, 6.45) is 8.49. The highest BCUT2D eigenvalue weighted by atomic mass is 19.1. The van der Waals surface area contributed by atoms with Crippen molar-refractivity contribution in [1.29, 1.82) is 0 Å². The van der Waals surface area contributed by atoms with Crippen LogP contribution >= 0.6 is 0 Å². The van der Waals surface area contributed by atoms with Gasteiger partial charge in [-0.2, -0.15) is 0 Å². The fraction of sp³-hybridized carbons (Fsp3) is 0.533. The summed E-state index contributed by atoms with van der Waals surface area (Å²) in [4.78, 5) is 30.5. The molecule has 1 aliphatic carbocycles. The Morgan fingerprint density at radius 2 is 1.71 bits per heavy atom. The van der Waals surface area contributed by atoms with Gasteiger partial charge in [0, 0.05) is 23.8 Å². The number of halogens is 1. The molecule has 0 bridgehead atoms. The van der Waals surface area contributed by atoms with Crippen LogP contribution in [0.3, 0.4) is 0 Å². The van der Waals surface area contributed by atoms with Gasteiger partial charge in [-0.25, -0.2) is 19.3 Å². The number of hydrogen-bond donors (Lipinski definition) is 4. The monoisotopic (exact) mass is 563 g/mol. The van der Waals surface area contributed by atoms with E-state index in [4.69, 9.17) is 19.4 Å². The summed E-state index contributed by atoms with van der Waals surface area (Å²) in [6.45, 7) is 4.19. The summed E-state index contributed by atoms with van der Waals surface area (Å²) in [5.41, 5.74) is 1.83. The van der Waals surface area contributed by atoms with Crippen LogP contribution in [-0.2, 0) is 14.3 Å². The standard InChI is InChI=1S/C30H38FN7O3/c1-30(28(39)34-21-5-3-2-4-6-21)17-40-27(41-18-30)26-37-24(19-7-9-20(31)10-8-19)25(38-26)23-13-16-33-29(36-23)35-22-11-14-32-15-12-22/h7-10,13,16,21-22,27,32H,2-6,11-12,14-15,17-18H2,1H3,(H,34,39)(H,37,38)(H,33,35,36). The van der Waals surface area contributed by atoms with Crippen molar-refractivity contribution in [2.75, 3.05) is 31.6 Å². The Balaban J connectivity index is 1.22. The molecule has 2 aliphatic heterocycles. The van der Waals surface area contributed by atoms with Gasteiger partial charge < -0.3 is 30.4 Å². The summed E-state index contributed by atoms with van der Waals surface area (Å²) in [5, 5.41) is 10.0. The number of amides is 1. The molecule has 6 rings (SSSR count). The SMILES string of the molecule is CC1(C(=O)NC2CCCCC2)COC(c2nc(-c3ccc(F)cc3)c(-c3ccnc(NC4CCNCC4)n3)[nH]2)OC1. The molecule has 0 unspecified atom stereocenters. The number of nitrogens with one attached hydrogen (secondary N) is 4. The molecule has 1 saturated carbocycles. The van der Waals surface area contributed by atoms with Crippen LogP contribution in [0.25, 0.3) is 22.6 Å². The van der Waals surface area contributed by atoms with E-state index in [2.05, 4.69) is 25.9 Å².